The van der Waals surface area contributed by atoms with Crippen molar-refractivity contribution in [2.75, 3.05) is 0 Å². The van der Waals surface area contributed by atoms with Crippen molar-refractivity contribution in [1.29, 1.82) is 10.5 Å². The van der Waals surface area contributed by atoms with E-state index < -0.39 is 0 Å². The predicted octanol–water partition coefficient (Wildman–Crippen LogP) is 2.60. The molecule has 0 aliphatic rings. The first-order chi connectivity index (χ1) is 7.70. The number of hydrogen-bond acceptors (Lipinski definition) is 3. The van der Waals surface area contributed by atoms with Gasteiger partial charge in [0.05, 0.1) is 11.1 Å². The van der Waals surface area contributed by atoms with Crippen LogP contribution >= 0.6 is 0 Å². The second kappa shape index (κ2) is 3.56. The van der Waals surface area contributed by atoms with Crippen LogP contribution < -0.4 is 0 Å². The lowest BCUT2D eigenvalue weighted by Crippen LogP contribution is -1.92. The maximum absolute atomic E-state index is 9.92. The van der Waals surface area contributed by atoms with Gasteiger partial charge in [-0.05, 0) is 12.5 Å². The van der Waals surface area contributed by atoms with Crippen molar-refractivity contribution < 1.29 is 5.11 Å². The van der Waals surface area contributed by atoms with E-state index in [-0.39, 0.29) is 11.3 Å². The molecule has 16 heavy (non-hydrogen) atoms. The van der Waals surface area contributed by atoms with Gasteiger partial charge < -0.3 is 5.11 Å². The third kappa shape index (κ3) is 1.20. The molecular formula is C13H8N2O. The van der Waals surface area contributed by atoms with Crippen LogP contribution in [-0.2, 0) is 0 Å². The van der Waals surface area contributed by atoms with Gasteiger partial charge in [0.25, 0.3) is 0 Å². The summed E-state index contributed by atoms with van der Waals surface area (Å²) in [4.78, 5) is 0. The Labute approximate surface area is 92.8 Å². The molecule has 3 nitrogen and oxygen atoms in total. The Hall–Kier alpha value is -2.52. The van der Waals surface area contributed by atoms with Crippen molar-refractivity contribution >= 4 is 10.8 Å². The maximum atomic E-state index is 9.92. The molecule has 0 atom stereocenters. The Morgan fingerprint density at radius 1 is 1.00 bits per heavy atom. The Kier molecular flexibility index (Phi) is 2.23. The standard InChI is InChI=1S/C13H8N2O/c1-8-11(6-14)9-4-2-3-5-10(9)13(16)12(8)7-15/h2-5,16H,1H3. The average Bonchev–Trinajstić information content (AvgIpc) is 2.30. The van der Waals surface area contributed by atoms with E-state index in [2.05, 4.69) is 6.07 Å². The molecule has 0 aromatic heterocycles. The number of fused-ring (bicyclic) bond motifs is 1. The summed E-state index contributed by atoms with van der Waals surface area (Å²) in [5.74, 6) is -0.0467. The van der Waals surface area contributed by atoms with E-state index in [9.17, 15) is 5.11 Å². The molecule has 1 N–H and O–H groups in total. The Balaban J connectivity index is 3.09. The van der Waals surface area contributed by atoms with Gasteiger partial charge in [-0.1, -0.05) is 24.3 Å². The van der Waals surface area contributed by atoms with Crippen LogP contribution in [0.3, 0.4) is 0 Å². The van der Waals surface area contributed by atoms with Crippen molar-refractivity contribution in [2.24, 2.45) is 0 Å². The maximum Gasteiger partial charge on any atom is 0.141 e. The van der Waals surface area contributed by atoms with Gasteiger partial charge in [-0.25, -0.2) is 0 Å². The molecule has 0 fully saturated rings. The summed E-state index contributed by atoms with van der Waals surface area (Å²) < 4.78 is 0. The molecule has 2 rings (SSSR count). The van der Waals surface area contributed by atoms with Crippen LogP contribution in [0.1, 0.15) is 16.7 Å². The number of aromatic hydroxyl groups is 1. The minimum absolute atomic E-state index is 0.0467. The fraction of sp³-hybridized carbons (Fsp3) is 0.0769. The molecule has 0 saturated heterocycles. The third-order valence-electron chi connectivity index (χ3n) is 2.66. The molecule has 0 saturated carbocycles. The molecule has 3 heteroatoms. The lowest BCUT2D eigenvalue weighted by Gasteiger charge is -2.08. The van der Waals surface area contributed by atoms with E-state index in [0.717, 1.165) is 0 Å². The zero-order chi connectivity index (χ0) is 11.7. The zero-order valence-electron chi connectivity index (χ0n) is 8.65. The quantitative estimate of drug-likeness (QED) is 0.723. The van der Waals surface area contributed by atoms with E-state index in [4.69, 9.17) is 10.5 Å². The summed E-state index contributed by atoms with van der Waals surface area (Å²) in [6, 6.07) is 11.0. The number of hydrogen-bond donors (Lipinski definition) is 1. The number of benzene rings is 2. The Morgan fingerprint density at radius 2 is 1.56 bits per heavy atom. The molecule has 2 aromatic carbocycles. The topological polar surface area (TPSA) is 67.8 Å². The first-order valence-corrected chi connectivity index (χ1v) is 4.75. The van der Waals surface area contributed by atoms with Crippen LogP contribution in [0.15, 0.2) is 24.3 Å². The Morgan fingerprint density at radius 3 is 2.12 bits per heavy atom. The minimum atomic E-state index is -0.0467. The Bertz CT molecular complexity index is 660. The van der Waals surface area contributed by atoms with Crippen LogP contribution in [0.5, 0.6) is 5.75 Å². The molecule has 0 radical (unpaired) electrons. The molecule has 0 aliphatic carbocycles. The van der Waals surface area contributed by atoms with E-state index in [0.29, 0.717) is 21.9 Å². The largest absolute Gasteiger partial charge is 0.506 e. The molecule has 2 aromatic rings. The molecule has 76 valence electrons. The summed E-state index contributed by atoms with van der Waals surface area (Å²) in [5.41, 5.74) is 1.15. The summed E-state index contributed by atoms with van der Waals surface area (Å²) in [6.45, 7) is 1.67. The lowest BCUT2D eigenvalue weighted by atomic mass is 9.95. The highest BCUT2D eigenvalue weighted by molar-refractivity contribution is 5.95. The van der Waals surface area contributed by atoms with Crippen molar-refractivity contribution in [3.05, 3.63) is 41.0 Å². The van der Waals surface area contributed by atoms with Crippen molar-refractivity contribution in [3.8, 4) is 17.9 Å². The van der Waals surface area contributed by atoms with Crippen LogP contribution in [0, 0.1) is 29.6 Å². The minimum Gasteiger partial charge on any atom is -0.506 e. The van der Waals surface area contributed by atoms with Gasteiger partial charge >= 0.3 is 0 Å². The fourth-order valence-corrected chi connectivity index (χ4v) is 1.83. The smallest absolute Gasteiger partial charge is 0.141 e. The molecule has 0 unspecified atom stereocenters. The number of nitriles is 2. The highest BCUT2D eigenvalue weighted by Gasteiger charge is 2.15. The molecule has 0 amide bonds. The van der Waals surface area contributed by atoms with Crippen LogP contribution in [0.4, 0.5) is 0 Å². The second-order valence-electron chi connectivity index (χ2n) is 3.49. The molecule has 0 bridgehead atoms. The lowest BCUT2D eigenvalue weighted by molar-refractivity contribution is 0.479. The number of nitrogens with zero attached hydrogens (tertiary/aromatic N) is 2. The summed E-state index contributed by atoms with van der Waals surface area (Å²) in [5, 5.41) is 29.2. The SMILES string of the molecule is Cc1c(C#N)c(O)c2ccccc2c1C#N. The monoisotopic (exact) mass is 208 g/mol. The van der Waals surface area contributed by atoms with Gasteiger partial charge in [-0.3, -0.25) is 0 Å². The van der Waals surface area contributed by atoms with Crippen LogP contribution in [0.25, 0.3) is 10.8 Å². The van der Waals surface area contributed by atoms with Gasteiger partial charge in [0.2, 0.25) is 0 Å². The molecular weight excluding hydrogens is 200 g/mol. The first kappa shape index (κ1) is 10.0. The van der Waals surface area contributed by atoms with E-state index in [1.165, 1.54) is 0 Å². The summed E-state index contributed by atoms with van der Waals surface area (Å²) >= 11 is 0. The number of phenols is 1. The van der Waals surface area contributed by atoms with Crippen LogP contribution in [0.2, 0.25) is 0 Å². The van der Waals surface area contributed by atoms with Gasteiger partial charge in [0, 0.05) is 10.8 Å². The van der Waals surface area contributed by atoms with Gasteiger partial charge in [0.15, 0.2) is 0 Å². The van der Waals surface area contributed by atoms with Crippen molar-refractivity contribution in [1.82, 2.24) is 0 Å². The van der Waals surface area contributed by atoms with Crippen molar-refractivity contribution in [3.63, 3.8) is 0 Å². The second-order valence-corrected chi connectivity index (χ2v) is 3.49. The number of rotatable bonds is 0. The summed E-state index contributed by atoms with van der Waals surface area (Å²) in [6.07, 6.45) is 0. The third-order valence-corrected chi connectivity index (χ3v) is 2.66. The first-order valence-electron chi connectivity index (χ1n) is 4.75. The van der Waals surface area contributed by atoms with Gasteiger partial charge in [-0.2, -0.15) is 10.5 Å². The highest BCUT2D eigenvalue weighted by atomic mass is 16.3. The van der Waals surface area contributed by atoms with Crippen LogP contribution in [-0.4, -0.2) is 5.11 Å². The normalized spacial score (nSPS) is 9.69. The van der Waals surface area contributed by atoms with E-state index >= 15 is 0 Å². The fourth-order valence-electron chi connectivity index (χ4n) is 1.83. The summed E-state index contributed by atoms with van der Waals surface area (Å²) in [7, 11) is 0. The van der Waals surface area contributed by atoms with Gasteiger partial charge in [-0.15, -0.1) is 0 Å². The highest BCUT2D eigenvalue weighted by Crippen LogP contribution is 2.34. The van der Waals surface area contributed by atoms with Crippen molar-refractivity contribution in [2.45, 2.75) is 6.92 Å². The zero-order valence-corrected chi connectivity index (χ0v) is 8.65. The molecule has 0 heterocycles. The predicted molar refractivity (Wildman–Crippen MR) is 59.8 cm³/mol. The van der Waals surface area contributed by atoms with Gasteiger partial charge in [0.1, 0.15) is 17.9 Å². The molecule has 0 aliphatic heterocycles. The number of phenolic OH excluding ortho intramolecular Hbond substituents is 1. The van der Waals surface area contributed by atoms with E-state index in [1.54, 1.807) is 31.2 Å². The van der Waals surface area contributed by atoms with E-state index in [1.807, 2.05) is 6.07 Å². The molecule has 0 spiro atoms. The average molecular weight is 208 g/mol.